The minimum atomic E-state index is -0.154. The highest BCUT2D eigenvalue weighted by Gasteiger charge is 2.27. The van der Waals surface area contributed by atoms with Crippen molar-refractivity contribution >= 4 is 28.3 Å². The molecule has 0 aromatic carbocycles. The van der Waals surface area contributed by atoms with Gasteiger partial charge in [-0.3, -0.25) is 14.5 Å². The molecule has 2 amide bonds. The maximum absolute atomic E-state index is 11.5. The fourth-order valence-electron chi connectivity index (χ4n) is 1.45. The Morgan fingerprint density at radius 1 is 1.33 bits per heavy atom. The lowest BCUT2D eigenvalue weighted by atomic mass is 10.1. The topological polar surface area (TPSA) is 89.2 Å². The first-order valence-electron chi connectivity index (χ1n) is 4.58. The van der Waals surface area contributed by atoms with E-state index < -0.39 is 0 Å². The summed E-state index contributed by atoms with van der Waals surface area (Å²) < 4.78 is 3.65. The highest BCUT2D eigenvalue weighted by atomic mass is 32.1. The monoisotopic (exact) mass is 226 g/mol. The highest BCUT2D eigenvalue weighted by molar-refractivity contribution is 7.09. The zero-order chi connectivity index (χ0) is 10.8. The fraction of sp³-hybridized carbons (Fsp3) is 0.500. The van der Waals surface area contributed by atoms with E-state index in [9.17, 15) is 9.59 Å². The Morgan fingerprint density at radius 3 is 2.53 bits per heavy atom. The smallest absolute Gasteiger partial charge is 0.229 e. The molecular weight excluding hydrogens is 216 g/mol. The van der Waals surface area contributed by atoms with E-state index in [1.165, 1.54) is 4.90 Å². The molecule has 15 heavy (non-hydrogen) atoms. The molecule has 0 atom stereocenters. The van der Waals surface area contributed by atoms with Gasteiger partial charge in [0, 0.05) is 24.4 Å². The molecule has 0 radical (unpaired) electrons. The molecule has 1 aliphatic heterocycles. The number of aromatic nitrogens is 2. The summed E-state index contributed by atoms with van der Waals surface area (Å²) >= 11 is 1.06. The highest BCUT2D eigenvalue weighted by Crippen LogP contribution is 2.19. The van der Waals surface area contributed by atoms with Crippen molar-refractivity contribution in [3.8, 4) is 0 Å². The van der Waals surface area contributed by atoms with Crippen LogP contribution >= 0.6 is 11.5 Å². The Hall–Kier alpha value is -1.50. The minimum Gasteiger partial charge on any atom is -0.388 e. The zero-order valence-electron chi connectivity index (χ0n) is 7.97. The third kappa shape index (κ3) is 1.96. The third-order valence-electron chi connectivity index (χ3n) is 2.28. The molecule has 1 aromatic heterocycles. The van der Waals surface area contributed by atoms with Gasteiger partial charge in [0.15, 0.2) is 0 Å². The standard InChI is InChI=1S/C8H10N4O2S/c9-8-5(10-11-15-8)4-12-6(13)2-1-3-7(12)14/h1-4,9H2. The van der Waals surface area contributed by atoms with Gasteiger partial charge in [0.25, 0.3) is 0 Å². The first-order valence-corrected chi connectivity index (χ1v) is 5.35. The molecule has 2 rings (SSSR count). The number of nitrogens with two attached hydrogens (primary N) is 1. The van der Waals surface area contributed by atoms with E-state index in [-0.39, 0.29) is 18.4 Å². The molecule has 1 aliphatic rings. The second kappa shape index (κ2) is 3.93. The first kappa shape index (κ1) is 10.0. The van der Waals surface area contributed by atoms with Crippen molar-refractivity contribution in [1.29, 1.82) is 0 Å². The fourth-order valence-corrected chi connectivity index (χ4v) is 1.89. The van der Waals surface area contributed by atoms with Crippen molar-refractivity contribution < 1.29 is 9.59 Å². The molecule has 6 nitrogen and oxygen atoms in total. The SMILES string of the molecule is Nc1snnc1CN1C(=O)CCCC1=O. The normalized spacial score (nSPS) is 17.2. The minimum absolute atomic E-state index is 0.153. The number of rotatable bonds is 2. The van der Waals surface area contributed by atoms with Gasteiger partial charge in [-0.1, -0.05) is 4.49 Å². The molecule has 0 spiro atoms. The number of amides is 2. The van der Waals surface area contributed by atoms with Gasteiger partial charge in [0.1, 0.15) is 10.7 Å². The number of hydrogen-bond donors (Lipinski definition) is 1. The summed E-state index contributed by atoms with van der Waals surface area (Å²) in [6.07, 6.45) is 1.48. The summed E-state index contributed by atoms with van der Waals surface area (Å²) in [6.45, 7) is 0.153. The van der Waals surface area contributed by atoms with Crippen molar-refractivity contribution in [2.45, 2.75) is 25.8 Å². The van der Waals surface area contributed by atoms with Crippen molar-refractivity contribution in [2.24, 2.45) is 0 Å². The van der Waals surface area contributed by atoms with Crippen LogP contribution in [0.5, 0.6) is 0 Å². The molecule has 2 heterocycles. The Labute approximate surface area is 90.2 Å². The Bertz CT molecular complexity index is 387. The summed E-state index contributed by atoms with van der Waals surface area (Å²) in [5, 5.41) is 4.24. The predicted octanol–water partition coefficient (Wildman–Crippen LogP) is 0.159. The van der Waals surface area contributed by atoms with Gasteiger partial charge in [0.05, 0.1) is 6.54 Å². The van der Waals surface area contributed by atoms with E-state index in [0.29, 0.717) is 30.0 Å². The number of nitrogens with zero attached hydrogens (tertiary/aromatic N) is 3. The van der Waals surface area contributed by atoms with E-state index in [0.717, 1.165) is 11.5 Å². The summed E-state index contributed by atoms with van der Waals surface area (Å²) in [4.78, 5) is 24.1. The molecule has 1 saturated heterocycles. The molecule has 1 aromatic rings. The molecule has 0 aliphatic carbocycles. The van der Waals surface area contributed by atoms with E-state index in [2.05, 4.69) is 9.59 Å². The van der Waals surface area contributed by atoms with E-state index in [4.69, 9.17) is 5.73 Å². The maximum Gasteiger partial charge on any atom is 0.229 e. The molecule has 7 heteroatoms. The summed E-state index contributed by atoms with van der Waals surface area (Å²) in [6, 6.07) is 0. The number of nitrogen functional groups attached to an aromatic ring is 1. The Balaban J connectivity index is 2.13. The van der Waals surface area contributed by atoms with E-state index in [1.807, 2.05) is 0 Å². The van der Waals surface area contributed by atoms with Crippen LogP contribution in [0.1, 0.15) is 25.0 Å². The molecule has 2 N–H and O–H groups in total. The summed E-state index contributed by atoms with van der Waals surface area (Å²) in [5.41, 5.74) is 6.10. The van der Waals surface area contributed by atoms with Crippen molar-refractivity contribution in [1.82, 2.24) is 14.5 Å². The molecule has 0 bridgehead atoms. The Kier molecular flexibility index (Phi) is 2.63. The number of likely N-dealkylation sites (tertiary alicyclic amines) is 1. The average Bonchev–Trinajstić information content (AvgIpc) is 2.58. The van der Waals surface area contributed by atoms with Crippen molar-refractivity contribution in [3.63, 3.8) is 0 Å². The molecule has 1 fully saturated rings. The molecule has 0 saturated carbocycles. The van der Waals surface area contributed by atoms with Crippen LogP contribution in [0.15, 0.2) is 0 Å². The predicted molar refractivity (Wildman–Crippen MR) is 53.7 cm³/mol. The average molecular weight is 226 g/mol. The second-order valence-electron chi connectivity index (χ2n) is 3.31. The van der Waals surface area contributed by atoms with Gasteiger partial charge in [0.2, 0.25) is 11.8 Å². The van der Waals surface area contributed by atoms with Crippen LogP contribution in [-0.4, -0.2) is 26.3 Å². The van der Waals surface area contributed by atoms with Crippen molar-refractivity contribution in [2.75, 3.05) is 5.73 Å². The van der Waals surface area contributed by atoms with Gasteiger partial charge in [-0.15, -0.1) is 5.10 Å². The van der Waals surface area contributed by atoms with Crippen LogP contribution in [0.2, 0.25) is 0 Å². The lowest BCUT2D eigenvalue weighted by molar-refractivity contribution is -0.148. The summed E-state index contributed by atoms with van der Waals surface area (Å²) in [5.74, 6) is -0.308. The van der Waals surface area contributed by atoms with Crippen LogP contribution in [0, 0.1) is 0 Å². The largest absolute Gasteiger partial charge is 0.388 e. The van der Waals surface area contributed by atoms with Gasteiger partial charge in [-0.25, -0.2) is 0 Å². The quantitative estimate of drug-likeness (QED) is 0.725. The lowest BCUT2D eigenvalue weighted by Crippen LogP contribution is -2.39. The van der Waals surface area contributed by atoms with Gasteiger partial charge in [-0.2, -0.15) is 0 Å². The van der Waals surface area contributed by atoms with Gasteiger partial charge in [-0.05, 0) is 6.42 Å². The first-order chi connectivity index (χ1) is 7.18. The van der Waals surface area contributed by atoms with Crippen molar-refractivity contribution in [3.05, 3.63) is 5.69 Å². The van der Waals surface area contributed by atoms with Crippen LogP contribution in [-0.2, 0) is 16.1 Å². The number of imide groups is 1. The molecular formula is C8H10N4O2S. The van der Waals surface area contributed by atoms with Crippen LogP contribution in [0.4, 0.5) is 5.00 Å². The number of hydrogen-bond acceptors (Lipinski definition) is 6. The molecule has 80 valence electrons. The second-order valence-corrected chi connectivity index (χ2v) is 4.10. The molecule has 0 unspecified atom stereocenters. The zero-order valence-corrected chi connectivity index (χ0v) is 8.79. The number of carbonyl (C=O) groups excluding carboxylic acids is 2. The summed E-state index contributed by atoms with van der Waals surface area (Å²) in [7, 11) is 0. The van der Waals surface area contributed by atoms with Crippen LogP contribution in [0.3, 0.4) is 0 Å². The number of piperidine rings is 1. The third-order valence-corrected chi connectivity index (χ3v) is 2.87. The maximum atomic E-state index is 11.5. The van der Waals surface area contributed by atoms with Gasteiger partial charge < -0.3 is 5.73 Å². The van der Waals surface area contributed by atoms with Crippen LogP contribution < -0.4 is 5.73 Å². The van der Waals surface area contributed by atoms with Gasteiger partial charge >= 0.3 is 0 Å². The van der Waals surface area contributed by atoms with Crippen LogP contribution in [0.25, 0.3) is 0 Å². The Morgan fingerprint density at radius 2 is 2.00 bits per heavy atom. The van der Waals surface area contributed by atoms with E-state index in [1.54, 1.807) is 0 Å². The lowest BCUT2D eigenvalue weighted by Gasteiger charge is -2.23. The number of anilines is 1. The number of carbonyl (C=O) groups is 2. The van der Waals surface area contributed by atoms with E-state index >= 15 is 0 Å².